The molecule has 0 spiro atoms. The minimum atomic E-state index is 0.220. The molecule has 3 nitrogen and oxygen atoms in total. The fraction of sp³-hybridized carbons (Fsp3) is 0.533. The lowest BCUT2D eigenvalue weighted by molar-refractivity contribution is -0.130. The van der Waals surface area contributed by atoms with Crippen molar-refractivity contribution >= 4 is 5.91 Å². The van der Waals surface area contributed by atoms with Gasteiger partial charge in [0.2, 0.25) is 5.91 Å². The van der Waals surface area contributed by atoms with Gasteiger partial charge in [-0.05, 0) is 37.0 Å². The number of carbonyl (C=O) groups excluding carboxylic acids is 1. The number of nitrogens with zero attached hydrogens (tertiary/aromatic N) is 1. The van der Waals surface area contributed by atoms with Crippen molar-refractivity contribution < 1.29 is 9.53 Å². The van der Waals surface area contributed by atoms with Gasteiger partial charge < -0.3 is 9.64 Å². The van der Waals surface area contributed by atoms with E-state index < -0.39 is 0 Å². The molecule has 18 heavy (non-hydrogen) atoms. The van der Waals surface area contributed by atoms with Crippen LogP contribution >= 0.6 is 0 Å². The Kier molecular flexibility index (Phi) is 4.62. The van der Waals surface area contributed by atoms with Crippen LogP contribution in [0, 0.1) is 0 Å². The number of aryl methyl sites for hydroxylation is 1. The van der Waals surface area contributed by atoms with Crippen LogP contribution in [0.25, 0.3) is 0 Å². The number of ether oxygens (including phenoxy) is 1. The monoisotopic (exact) mass is 247 g/mol. The van der Waals surface area contributed by atoms with Gasteiger partial charge in [0.25, 0.3) is 0 Å². The van der Waals surface area contributed by atoms with Crippen LogP contribution in [0.1, 0.15) is 31.7 Å². The summed E-state index contributed by atoms with van der Waals surface area (Å²) in [7, 11) is 0. The zero-order valence-corrected chi connectivity index (χ0v) is 11.0. The second kappa shape index (κ2) is 6.43. The van der Waals surface area contributed by atoms with E-state index in [1.54, 1.807) is 0 Å². The van der Waals surface area contributed by atoms with Crippen LogP contribution < -0.4 is 4.74 Å². The second-order valence-electron chi connectivity index (χ2n) is 4.68. The van der Waals surface area contributed by atoms with E-state index in [0.717, 1.165) is 38.1 Å². The molecular weight excluding hydrogens is 226 g/mol. The van der Waals surface area contributed by atoms with Crippen LogP contribution in [0.15, 0.2) is 24.3 Å². The second-order valence-corrected chi connectivity index (χ2v) is 4.68. The van der Waals surface area contributed by atoms with Gasteiger partial charge in [0.15, 0.2) is 0 Å². The molecule has 1 amide bonds. The predicted octanol–water partition coefficient (Wildman–Crippen LogP) is 2.64. The van der Waals surface area contributed by atoms with Crippen LogP contribution in [-0.2, 0) is 11.2 Å². The topological polar surface area (TPSA) is 29.5 Å². The van der Waals surface area contributed by atoms with E-state index in [2.05, 4.69) is 19.1 Å². The highest BCUT2D eigenvalue weighted by atomic mass is 16.5. The molecule has 0 radical (unpaired) electrons. The maximum atomic E-state index is 11.8. The van der Waals surface area contributed by atoms with Crippen molar-refractivity contribution in [2.45, 2.75) is 32.6 Å². The Morgan fingerprint density at radius 1 is 1.22 bits per heavy atom. The average Bonchev–Trinajstić information content (AvgIpc) is 2.93. The molecule has 0 bridgehead atoms. The standard InChI is InChI=1S/C15H21NO2/c1-2-13-5-7-14(8-6-13)18-12-9-15(17)16-10-3-4-11-16/h5-8H,2-4,9-12H2,1H3. The van der Waals surface area contributed by atoms with Gasteiger partial charge in [-0.25, -0.2) is 0 Å². The third-order valence-electron chi connectivity index (χ3n) is 3.38. The van der Waals surface area contributed by atoms with Crippen LogP contribution in [0.3, 0.4) is 0 Å². The maximum Gasteiger partial charge on any atom is 0.225 e. The Bertz CT molecular complexity index is 380. The molecule has 0 aromatic heterocycles. The molecule has 98 valence electrons. The van der Waals surface area contributed by atoms with E-state index in [-0.39, 0.29) is 5.91 Å². The smallest absolute Gasteiger partial charge is 0.225 e. The molecule has 1 fully saturated rings. The highest BCUT2D eigenvalue weighted by Gasteiger charge is 2.17. The number of hydrogen-bond donors (Lipinski definition) is 0. The Morgan fingerprint density at radius 2 is 1.89 bits per heavy atom. The first-order chi connectivity index (χ1) is 8.79. The molecule has 1 aromatic carbocycles. The fourth-order valence-electron chi connectivity index (χ4n) is 2.20. The Hall–Kier alpha value is -1.51. The summed E-state index contributed by atoms with van der Waals surface area (Å²) >= 11 is 0. The summed E-state index contributed by atoms with van der Waals surface area (Å²) in [4.78, 5) is 13.7. The SMILES string of the molecule is CCc1ccc(OCCC(=O)N2CCCC2)cc1. The number of likely N-dealkylation sites (tertiary alicyclic amines) is 1. The molecule has 0 saturated carbocycles. The molecule has 0 aliphatic carbocycles. The van der Waals surface area contributed by atoms with E-state index in [1.807, 2.05) is 17.0 Å². The highest BCUT2D eigenvalue weighted by Crippen LogP contribution is 2.13. The summed E-state index contributed by atoms with van der Waals surface area (Å²) in [5.41, 5.74) is 1.30. The van der Waals surface area contributed by atoms with E-state index in [9.17, 15) is 4.79 Å². The van der Waals surface area contributed by atoms with Crippen molar-refractivity contribution in [2.75, 3.05) is 19.7 Å². The maximum absolute atomic E-state index is 11.8. The lowest BCUT2D eigenvalue weighted by atomic mass is 10.2. The van der Waals surface area contributed by atoms with Gasteiger partial charge in [0, 0.05) is 13.1 Å². The third-order valence-corrected chi connectivity index (χ3v) is 3.38. The van der Waals surface area contributed by atoms with Gasteiger partial charge in [-0.3, -0.25) is 4.79 Å². The average molecular weight is 247 g/mol. The fourth-order valence-corrected chi connectivity index (χ4v) is 2.20. The Morgan fingerprint density at radius 3 is 2.50 bits per heavy atom. The van der Waals surface area contributed by atoms with E-state index in [4.69, 9.17) is 4.74 Å². The van der Waals surface area contributed by atoms with Crippen molar-refractivity contribution in [3.8, 4) is 5.75 Å². The molecular formula is C15H21NO2. The summed E-state index contributed by atoms with van der Waals surface area (Å²) in [5, 5.41) is 0. The van der Waals surface area contributed by atoms with Crippen molar-refractivity contribution in [3.63, 3.8) is 0 Å². The number of amides is 1. The first kappa shape index (κ1) is 12.9. The first-order valence-corrected chi connectivity index (χ1v) is 6.79. The Labute approximate surface area is 109 Å². The molecule has 3 heteroatoms. The number of benzene rings is 1. The zero-order valence-electron chi connectivity index (χ0n) is 11.0. The number of hydrogen-bond acceptors (Lipinski definition) is 2. The van der Waals surface area contributed by atoms with Crippen molar-refractivity contribution in [1.29, 1.82) is 0 Å². The normalized spacial score (nSPS) is 14.8. The summed E-state index contributed by atoms with van der Waals surface area (Å²) < 4.78 is 5.59. The van der Waals surface area contributed by atoms with Crippen LogP contribution in [0.2, 0.25) is 0 Å². The van der Waals surface area contributed by atoms with Crippen molar-refractivity contribution in [1.82, 2.24) is 4.90 Å². The zero-order chi connectivity index (χ0) is 12.8. The van der Waals surface area contributed by atoms with Gasteiger partial charge >= 0.3 is 0 Å². The Balaban J connectivity index is 1.72. The lowest BCUT2D eigenvalue weighted by Crippen LogP contribution is -2.28. The van der Waals surface area contributed by atoms with Gasteiger partial charge in [0.05, 0.1) is 13.0 Å². The van der Waals surface area contributed by atoms with Crippen molar-refractivity contribution in [2.24, 2.45) is 0 Å². The van der Waals surface area contributed by atoms with Gasteiger partial charge in [-0.2, -0.15) is 0 Å². The van der Waals surface area contributed by atoms with Crippen molar-refractivity contribution in [3.05, 3.63) is 29.8 Å². The molecule has 1 aliphatic rings. The summed E-state index contributed by atoms with van der Waals surface area (Å²) in [6.45, 7) is 4.44. The molecule has 2 rings (SSSR count). The van der Waals surface area contributed by atoms with Gasteiger partial charge in [-0.15, -0.1) is 0 Å². The molecule has 0 unspecified atom stereocenters. The highest BCUT2D eigenvalue weighted by molar-refractivity contribution is 5.76. The number of carbonyl (C=O) groups is 1. The first-order valence-electron chi connectivity index (χ1n) is 6.79. The van der Waals surface area contributed by atoms with E-state index in [1.165, 1.54) is 5.56 Å². The molecule has 0 atom stereocenters. The minimum absolute atomic E-state index is 0.220. The molecule has 0 N–H and O–H groups in total. The molecule has 1 aliphatic heterocycles. The quantitative estimate of drug-likeness (QED) is 0.800. The largest absolute Gasteiger partial charge is 0.493 e. The minimum Gasteiger partial charge on any atom is -0.493 e. The van der Waals surface area contributed by atoms with Crippen LogP contribution in [-0.4, -0.2) is 30.5 Å². The lowest BCUT2D eigenvalue weighted by Gasteiger charge is -2.15. The van der Waals surface area contributed by atoms with E-state index in [0.29, 0.717) is 13.0 Å². The third kappa shape index (κ3) is 3.49. The molecule has 1 heterocycles. The number of rotatable bonds is 5. The summed E-state index contributed by atoms with van der Waals surface area (Å²) in [6, 6.07) is 8.08. The van der Waals surface area contributed by atoms with Crippen LogP contribution in [0.4, 0.5) is 0 Å². The summed E-state index contributed by atoms with van der Waals surface area (Å²) in [5.74, 6) is 1.07. The van der Waals surface area contributed by atoms with Gasteiger partial charge in [-0.1, -0.05) is 19.1 Å². The predicted molar refractivity (Wildman–Crippen MR) is 71.7 cm³/mol. The summed E-state index contributed by atoms with van der Waals surface area (Å²) in [6.07, 6.45) is 3.80. The molecule has 1 aromatic rings. The van der Waals surface area contributed by atoms with Crippen LogP contribution in [0.5, 0.6) is 5.75 Å². The molecule has 1 saturated heterocycles. The van der Waals surface area contributed by atoms with Gasteiger partial charge in [0.1, 0.15) is 5.75 Å². The van der Waals surface area contributed by atoms with E-state index >= 15 is 0 Å².